The Balaban J connectivity index is 3.27. The van der Waals surface area contributed by atoms with Crippen molar-refractivity contribution in [3.05, 3.63) is 23.8 Å². The molecule has 3 heteroatoms. The van der Waals surface area contributed by atoms with Gasteiger partial charge in [0.2, 0.25) is 0 Å². The van der Waals surface area contributed by atoms with Gasteiger partial charge in [0.1, 0.15) is 0 Å². The van der Waals surface area contributed by atoms with Crippen LogP contribution < -0.4 is 10.5 Å². The smallest absolute Gasteiger partial charge is 0.150 e. The van der Waals surface area contributed by atoms with E-state index in [1.54, 1.807) is 20.1 Å². The highest BCUT2D eigenvalue weighted by Gasteiger charge is 2.06. The van der Waals surface area contributed by atoms with Crippen LogP contribution in [0.4, 0.5) is 5.69 Å². The van der Waals surface area contributed by atoms with Gasteiger partial charge < -0.3 is 15.9 Å². The van der Waals surface area contributed by atoms with Gasteiger partial charge in [-0.15, -0.1) is 0 Å². The van der Waals surface area contributed by atoms with Crippen molar-refractivity contribution in [2.45, 2.75) is 6.92 Å². The van der Waals surface area contributed by atoms with E-state index in [0.717, 1.165) is 5.56 Å². The quantitative estimate of drug-likeness (QED) is 0.516. The van der Waals surface area contributed by atoms with Gasteiger partial charge in [-0.3, -0.25) is 0 Å². The summed E-state index contributed by atoms with van der Waals surface area (Å²) in [4.78, 5) is 0. The lowest BCUT2D eigenvalue weighted by atomic mass is 10.1. The fourth-order valence-corrected chi connectivity index (χ4v) is 1.08. The summed E-state index contributed by atoms with van der Waals surface area (Å²) >= 11 is 0. The molecule has 12 heavy (non-hydrogen) atoms. The third kappa shape index (κ3) is 1.39. The molecule has 0 atom stereocenters. The maximum Gasteiger partial charge on any atom is 0.150 e. The van der Waals surface area contributed by atoms with E-state index in [2.05, 4.69) is 0 Å². The average Bonchev–Trinajstić information content (AvgIpc) is 2.03. The highest BCUT2D eigenvalue weighted by molar-refractivity contribution is 6.00. The summed E-state index contributed by atoms with van der Waals surface area (Å²) in [6.45, 7) is 1.71. The standard InChI is InChI=1S/C9H12N2O/c1-6(10)7-4-3-5-8(11)9(7)12-2/h3-5,10H,11H2,1-2H3. The number of anilines is 1. The Labute approximate surface area is 71.7 Å². The normalized spacial score (nSPS) is 9.50. The first kappa shape index (κ1) is 8.59. The number of methoxy groups -OCH3 is 1. The first-order valence-electron chi connectivity index (χ1n) is 3.65. The molecule has 1 rings (SSSR count). The van der Waals surface area contributed by atoms with Crippen LogP contribution in [0.2, 0.25) is 0 Å². The van der Waals surface area contributed by atoms with Crippen LogP contribution in [0.3, 0.4) is 0 Å². The zero-order valence-corrected chi connectivity index (χ0v) is 7.22. The second-order valence-corrected chi connectivity index (χ2v) is 2.55. The number of hydrogen-bond acceptors (Lipinski definition) is 3. The molecule has 0 heterocycles. The summed E-state index contributed by atoms with van der Waals surface area (Å²) in [7, 11) is 1.55. The van der Waals surface area contributed by atoms with E-state index in [-0.39, 0.29) is 0 Å². The third-order valence-electron chi connectivity index (χ3n) is 1.65. The summed E-state index contributed by atoms with van der Waals surface area (Å²) in [6, 6.07) is 5.38. The lowest BCUT2D eigenvalue weighted by Gasteiger charge is -2.08. The minimum Gasteiger partial charge on any atom is -0.494 e. The first-order valence-corrected chi connectivity index (χ1v) is 3.65. The molecule has 0 aliphatic carbocycles. The molecular weight excluding hydrogens is 152 g/mol. The number of ether oxygens (including phenoxy) is 1. The Kier molecular flexibility index (Phi) is 2.33. The summed E-state index contributed by atoms with van der Waals surface area (Å²) in [5.41, 5.74) is 7.42. The van der Waals surface area contributed by atoms with Gasteiger partial charge >= 0.3 is 0 Å². The second kappa shape index (κ2) is 3.26. The lowest BCUT2D eigenvalue weighted by Crippen LogP contribution is -2.00. The molecule has 0 aliphatic heterocycles. The summed E-state index contributed by atoms with van der Waals surface area (Å²) in [5, 5.41) is 7.44. The Hall–Kier alpha value is -1.51. The Morgan fingerprint density at radius 1 is 1.50 bits per heavy atom. The van der Waals surface area contributed by atoms with Crippen LogP contribution in [0.15, 0.2) is 18.2 Å². The second-order valence-electron chi connectivity index (χ2n) is 2.55. The summed E-state index contributed by atoms with van der Waals surface area (Å²) < 4.78 is 5.07. The molecule has 0 saturated carbocycles. The molecule has 0 radical (unpaired) electrons. The van der Waals surface area contributed by atoms with Gasteiger partial charge in [0.05, 0.1) is 12.8 Å². The summed E-state index contributed by atoms with van der Waals surface area (Å²) in [5.74, 6) is 0.588. The number of nitrogen functional groups attached to an aromatic ring is 1. The molecule has 0 aliphatic rings. The molecule has 0 bridgehead atoms. The van der Waals surface area contributed by atoms with Gasteiger partial charge in [0.25, 0.3) is 0 Å². The molecule has 64 valence electrons. The average molecular weight is 164 g/mol. The van der Waals surface area contributed by atoms with E-state index in [9.17, 15) is 0 Å². The lowest BCUT2D eigenvalue weighted by molar-refractivity contribution is 0.416. The Bertz CT molecular complexity index is 307. The van der Waals surface area contributed by atoms with Crippen LogP contribution >= 0.6 is 0 Å². The fraction of sp³-hybridized carbons (Fsp3) is 0.222. The first-order chi connectivity index (χ1) is 5.66. The van der Waals surface area contributed by atoms with Crippen molar-refractivity contribution in [3.8, 4) is 5.75 Å². The molecule has 0 unspecified atom stereocenters. The van der Waals surface area contributed by atoms with Gasteiger partial charge in [0.15, 0.2) is 5.75 Å². The molecule has 1 aromatic rings. The predicted octanol–water partition coefficient (Wildman–Crippen LogP) is 1.67. The number of para-hydroxylation sites is 1. The Morgan fingerprint density at radius 3 is 2.58 bits per heavy atom. The molecular formula is C9H12N2O. The zero-order valence-electron chi connectivity index (χ0n) is 7.22. The minimum absolute atomic E-state index is 0.458. The van der Waals surface area contributed by atoms with Crippen molar-refractivity contribution in [3.63, 3.8) is 0 Å². The van der Waals surface area contributed by atoms with Crippen LogP contribution in [0.25, 0.3) is 0 Å². The predicted molar refractivity (Wildman–Crippen MR) is 49.9 cm³/mol. The highest BCUT2D eigenvalue weighted by Crippen LogP contribution is 2.25. The van der Waals surface area contributed by atoms with Gasteiger partial charge in [0, 0.05) is 11.3 Å². The molecule has 0 saturated heterocycles. The van der Waals surface area contributed by atoms with Crippen LogP contribution in [0.5, 0.6) is 5.75 Å². The number of hydrogen-bond donors (Lipinski definition) is 2. The van der Waals surface area contributed by atoms with E-state index < -0.39 is 0 Å². The van der Waals surface area contributed by atoms with Crippen LogP contribution in [0.1, 0.15) is 12.5 Å². The number of benzene rings is 1. The maximum absolute atomic E-state index is 7.44. The van der Waals surface area contributed by atoms with E-state index in [1.165, 1.54) is 0 Å². The van der Waals surface area contributed by atoms with Crippen molar-refractivity contribution in [1.82, 2.24) is 0 Å². The third-order valence-corrected chi connectivity index (χ3v) is 1.65. The van der Waals surface area contributed by atoms with Crippen molar-refractivity contribution < 1.29 is 4.74 Å². The van der Waals surface area contributed by atoms with E-state index in [1.807, 2.05) is 12.1 Å². The van der Waals surface area contributed by atoms with Crippen molar-refractivity contribution >= 4 is 11.4 Å². The molecule has 1 aromatic carbocycles. The van der Waals surface area contributed by atoms with Crippen LogP contribution in [-0.2, 0) is 0 Å². The van der Waals surface area contributed by atoms with Crippen molar-refractivity contribution in [1.29, 1.82) is 5.41 Å². The van der Waals surface area contributed by atoms with Crippen molar-refractivity contribution in [2.24, 2.45) is 0 Å². The highest BCUT2D eigenvalue weighted by atomic mass is 16.5. The monoisotopic (exact) mass is 164 g/mol. The molecule has 3 N–H and O–H groups in total. The molecule has 0 aromatic heterocycles. The number of rotatable bonds is 2. The van der Waals surface area contributed by atoms with Gasteiger partial charge in [-0.25, -0.2) is 0 Å². The van der Waals surface area contributed by atoms with Crippen LogP contribution in [-0.4, -0.2) is 12.8 Å². The minimum atomic E-state index is 0.458. The van der Waals surface area contributed by atoms with Gasteiger partial charge in [-0.2, -0.15) is 0 Å². The van der Waals surface area contributed by atoms with Crippen LogP contribution in [0, 0.1) is 5.41 Å². The van der Waals surface area contributed by atoms with E-state index in [0.29, 0.717) is 17.1 Å². The fourth-order valence-electron chi connectivity index (χ4n) is 1.08. The number of nitrogens with one attached hydrogen (secondary N) is 1. The molecule has 0 spiro atoms. The number of nitrogens with two attached hydrogens (primary N) is 1. The van der Waals surface area contributed by atoms with E-state index in [4.69, 9.17) is 15.9 Å². The molecule has 0 amide bonds. The topological polar surface area (TPSA) is 59.1 Å². The SMILES string of the molecule is COc1c(N)cccc1C(C)=N. The molecule has 0 fully saturated rings. The van der Waals surface area contributed by atoms with Crippen molar-refractivity contribution in [2.75, 3.05) is 12.8 Å². The van der Waals surface area contributed by atoms with Gasteiger partial charge in [-0.1, -0.05) is 6.07 Å². The Morgan fingerprint density at radius 2 is 2.17 bits per heavy atom. The van der Waals surface area contributed by atoms with E-state index >= 15 is 0 Å². The molecule has 3 nitrogen and oxygen atoms in total. The maximum atomic E-state index is 7.44. The largest absolute Gasteiger partial charge is 0.494 e. The van der Waals surface area contributed by atoms with Gasteiger partial charge in [-0.05, 0) is 19.1 Å². The summed E-state index contributed by atoms with van der Waals surface area (Å²) in [6.07, 6.45) is 0. The zero-order chi connectivity index (χ0) is 9.14.